The number of phosphoric acid groups is 1. The molecule has 0 saturated heterocycles. The first-order chi connectivity index (χ1) is 22.8. The molecule has 1 unspecified atom stereocenters. The van der Waals surface area contributed by atoms with Crippen molar-refractivity contribution in [2.24, 2.45) is 17.8 Å². The predicted octanol–water partition coefficient (Wildman–Crippen LogP) is 7.27. The summed E-state index contributed by atoms with van der Waals surface area (Å²) in [5, 5.41) is 15.0. The number of benzene rings is 1. The second-order valence-corrected chi connectivity index (χ2v) is 15.5. The van der Waals surface area contributed by atoms with Crippen LogP contribution in [0.3, 0.4) is 0 Å². The van der Waals surface area contributed by atoms with Crippen molar-refractivity contribution in [1.82, 2.24) is 24.9 Å². The summed E-state index contributed by atoms with van der Waals surface area (Å²) >= 11 is 0. The van der Waals surface area contributed by atoms with Gasteiger partial charge < -0.3 is 10.6 Å². The van der Waals surface area contributed by atoms with Gasteiger partial charge in [0.05, 0.1) is 17.9 Å². The standard InChI is InChI=1S/C35H51N6O6P/c1-8-10-21-45-48(44,47-35(5,6)7)46-22-41-24(4)30(23(3)39-41)25-15-17-28(18-16-25)37-34(43)32(31(26-11-12-26)27-13-14-27)38-33(42)29-19-20-36-40(29)9-2/h15-20,26-27,31-32H,8-14,21-22H2,1-7H3,(H,37,43)(H,38,42)/t32-,48?/m0/s1. The Kier molecular flexibility index (Phi) is 11.3. The minimum atomic E-state index is -3.83. The number of unbranched alkanes of at least 4 members (excludes halogenated alkanes) is 1. The van der Waals surface area contributed by atoms with E-state index in [1.54, 1.807) is 42.4 Å². The minimum Gasteiger partial charge on any atom is -0.339 e. The third-order valence-corrected chi connectivity index (χ3v) is 10.5. The molecule has 0 radical (unpaired) electrons. The summed E-state index contributed by atoms with van der Waals surface area (Å²) in [4.78, 5) is 27.2. The number of rotatable bonds is 17. The van der Waals surface area contributed by atoms with Crippen molar-refractivity contribution in [2.75, 3.05) is 11.9 Å². The van der Waals surface area contributed by atoms with E-state index in [2.05, 4.69) is 20.8 Å². The van der Waals surface area contributed by atoms with E-state index in [1.807, 2.05) is 52.0 Å². The summed E-state index contributed by atoms with van der Waals surface area (Å²) in [6.07, 6.45) is 7.60. The van der Waals surface area contributed by atoms with Crippen LogP contribution >= 0.6 is 7.82 Å². The molecule has 0 spiro atoms. The first kappa shape index (κ1) is 36.0. The van der Waals surface area contributed by atoms with E-state index in [9.17, 15) is 14.2 Å². The number of aromatic nitrogens is 4. The predicted molar refractivity (Wildman–Crippen MR) is 184 cm³/mol. The highest BCUT2D eigenvalue weighted by molar-refractivity contribution is 7.48. The molecule has 2 heterocycles. The normalized spacial score (nSPS) is 16.9. The Morgan fingerprint density at radius 2 is 1.67 bits per heavy atom. The fourth-order valence-corrected chi connectivity index (χ4v) is 7.73. The molecule has 13 heteroatoms. The number of anilines is 1. The van der Waals surface area contributed by atoms with Crippen LogP contribution in [0.2, 0.25) is 0 Å². The number of aryl methyl sites for hydroxylation is 2. The lowest BCUT2D eigenvalue weighted by molar-refractivity contribution is -0.119. The SMILES string of the molecule is CCCCOP(=O)(OCn1nc(C)c(-c2ccc(NC(=O)[C@@H](NC(=O)c3ccnn3CC)C(C3CC3)C3CC3)cc2)c1C)OC(C)(C)C. The quantitative estimate of drug-likeness (QED) is 0.112. The van der Waals surface area contributed by atoms with Crippen molar-refractivity contribution >= 4 is 25.3 Å². The average molecular weight is 683 g/mol. The maximum Gasteiger partial charge on any atom is 0.477 e. The van der Waals surface area contributed by atoms with Gasteiger partial charge in [0.25, 0.3) is 5.91 Å². The second-order valence-electron chi connectivity index (χ2n) is 13.9. The maximum atomic E-state index is 13.8. The second kappa shape index (κ2) is 15.1. The Bertz CT molecular complexity index is 1610. The Hall–Kier alpha value is -3.31. The Morgan fingerprint density at radius 3 is 2.25 bits per heavy atom. The maximum absolute atomic E-state index is 13.8. The van der Waals surface area contributed by atoms with Gasteiger partial charge in [0.2, 0.25) is 5.91 Å². The van der Waals surface area contributed by atoms with Crippen molar-refractivity contribution in [1.29, 1.82) is 0 Å². The number of carbonyl (C=O) groups excluding carboxylic acids is 2. The van der Waals surface area contributed by atoms with Gasteiger partial charge in [-0.2, -0.15) is 10.2 Å². The van der Waals surface area contributed by atoms with E-state index in [1.165, 1.54) is 0 Å². The molecule has 0 bridgehead atoms. The zero-order valence-corrected chi connectivity index (χ0v) is 30.2. The number of nitrogens with zero attached hydrogens (tertiary/aromatic N) is 4. The zero-order valence-electron chi connectivity index (χ0n) is 29.3. The summed E-state index contributed by atoms with van der Waals surface area (Å²) in [5.41, 5.74) is 3.80. The van der Waals surface area contributed by atoms with E-state index >= 15 is 0 Å². The monoisotopic (exact) mass is 682 g/mol. The van der Waals surface area contributed by atoms with Crippen LogP contribution in [-0.2, 0) is 36.2 Å². The Morgan fingerprint density at radius 1 is 1.00 bits per heavy atom. The lowest BCUT2D eigenvalue weighted by Gasteiger charge is -2.27. The Labute approximate surface area is 283 Å². The smallest absolute Gasteiger partial charge is 0.339 e. The highest BCUT2D eigenvalue weighted by Crippen LogP contribution is 2.53. The topological polar surface area (TPSA) is 139 Å². The molecule has 2 N–H and O–H groups in total. The molecule has 2 amide bonds. The van der Waals surface area contributed by atoms with Crippen LogP contribution in [0, 0.1) is 31.6 Å². The minimum absolute atomic E-state index is 0.102. The van der Waals surface area contributed by atoms with Gasteiger partial charge in [-0.1, -0.05) is 25.5 Å². The van der Waals surface area contributed by atoms with Gasteiger partial charge >= 0.3 is 7.82 Å². The van der Waals surface area contributed by atoms with Crippen molar-refractivity contribution < 1.29 is 27.7 Å². The highest BCUT2D eigenvalue weighted by atomic mass is 31.2. The highest BCUT2D eigenvalue weighted by Gasteiger charge is 2.48. The third-order valence-electron chi connectivity index (χ3n) is 8.83. The number of hydrogen-bond donors (Lipinski definition) is 2. The molecule has 3 aromatic rings. The fourth-order valence-electron chi connectivity index (χ4n) is 6.27. The van der Waals surface area contributed by atoms with Gasteiger partial charge in [0.15, 0.2) is 6.73 Å². The van der Waals surface area contributed by atoms with Gasteiger partial charge in [-0.25, -0.2) is 9.25 Å². The molecular formula is C35H51N6O6P. The van der Waals surface area contributed by atoms with Gasteiger partial charge in [0.1, 0.15) is 11.7 Å². The van der Waals surface area contributed by atoms with Crippen LogP contribution in [0.15, 0.2) is 36.5 Å². The molecule has 2 aromatic heterocycles. The number of nitrogens with one attached hydrogen (secondary N) is 2. The van der Waals surface area contributed by atoms with Gasteiger partial charge in [0, 0.05) is 29.7 Å². The van der Waals surface area contributed by atoms with Crippen LogP contribution in [0.4, 0.5) is 5.69 Å². The van der Waals surface area contributed by atoms with E-state index in [-0.39, 0.29) is 31.1 Å². The van der Waals surface area contributed by atoms with Crippen LogP contribution < -0.4 is 10.6 Å². The largest absolute Gasteiger partial charge is 0.477 e. The van der Waals surface area contributed by atoms with Gasteiger partial charge in [-0.05, 0) is 115 Å². The molecule has 2 aliphatic carbocycles. The third kappa shape index (κ3) is 9.02. The summed E-state index contributed by atoms with van der Waals surface area (Å²) in [7, 11) is -3.83. The molecule has 2 saturated carbocycles. The number of hydrogen-bond acceptors (Lipinski definition) is 8. The lowest BCUT2D eigenvalue weighted by atomic mass is 9.88. The van der Waals surface area contributed by atoms with Crippen molar-refractivity contribution in [3.8, 4) is 11.1 Å². The molecule has 48 heavy (non-hydrogen) atoms. The van der Waals surface area contributed by atoms with Crippen molar-refractivity contribution in [2.45, 2.75) is 112 Å². The molecule has 2 atom stereocenters. The number of amides is 2. The van der Waals surface area contributed by atoms with Crippen LogP contribution in [-0.4, -0.2) is 49.6 Å². The van der Waals surface area contributed by atoms with Crippen molar-refractivity contribution in [3.05, 3.63) is 53.6 Å². The molecule has 2 fully saturated rings. The summed E-state index contributed by atoms with van der Waals surface area (Å²) in [6, 6.07) is 8.65. The summed E-state index contributed by atoms with van der Waals surface area (Å²) < 4.78 is 33.8. The van der Waals surface area contributed by atoms with Crippen LogP contribution in [0.1, 0.15) is 95.0 Å². The fraction of sp³-hybridized carbons (Fsp3) is 0.600. The first-order valence-corrected chi connectivity index (χ1v) is 18.7. The first-order valence-electron chi connectivity index (χ1n) is 17.2. The number of phosphoric ester groups is 1. The van der Waals surface area contributed by atoms with E-state index < -0.39 is 19.5 Å². The molecule has 5 rings (SSSR count). The van der Waals surface area contributed by atoms with E-state index in [0.717, 1.165) is 61.0 Å². The van der Waals surface area contributed by atoms with E-state index in [0.29, 0.717) is 29.8 Å². The lowest BCUT2D eigenvalue weighted by Crippen LogP contribution is -2.50. The summed E-state index contributed by atoms with van der Waals surface area (Å²) in [6.45, 7) is 13.9. The van der Waals surface area contributed by atoms with Crippen LogP contribution in [0.25, 0.3) is 11.1 Å². The van der Waals surface area contributed by atoms with Gasteiger partial charge in [-0.15, -0.1) is 0 Å². The zero-order chi connectivity index (χ0) is 34.6. The molecule has 1 aromatic carbocycles. The van der Waals surface area contributed by atoms with Gasteiger partial charge in [-0.3, -0.25) is 27.8 Å². The molecule has 262 valence electrons. The summed E-state index contributed by atoms with van der Waals surface area (Å²) in [5.74, 6) is 0.538. The van der Waals surface area contributed by atoms with E-state index in [4.69, 9.17) is 13.6 Å². The van der Waals surface area contributed by atoms with Crippen molar-refractivity contribution in [3.63, 3.8) is 0 Å². The number of carbonyl (C=O) groups is 2. The average Bonchev–Trinajstić information content (AvgIpc) is 3.97. The molecular weight excluding hydrogens is 631 g/mol. The molecule has 12 nitrogen and oxygen atoms in total. The van der Waals surface area contributed by atoms with Crippen LogP contribution in [0.5, 0.6) is 0 Å². The Balaban J connectivity index is 1.29. The molecule has 2 aliphatic rings. The molecule has 0 aliphatic heterocycles.